The van der Waals surface area contributed by atoms with Crippen molar-refractivity contribution in [1.82, 2.24) is 9.55 Å². The van der Waals surface area contributed by atoms with Gasteiger partial charge in [-0.2, -0.15) is 0 Å². The highest BCUT2D eigenvalue weighted by atomic mass is 16.4. The first-order chi connectivity index (χ1) is 10.1. The van der Waals surface area contributed by atoms with Crippen LogP contribution in [-0.4, -0.2) is 20.6 Å². The van der Waals surface area contributed by atoms with Gasteiger partial charge < -0.3 is 15.4 Å². The summed E-state index contributed by atoms with van der Waals surface area (Å²) >= 11 is 0. The Morgan fingerprint density at radius 3 is 2.62 bits per heavy atom. The van der Waals surface area contributed by atoms with E-state index in [1.807, 2.05) is 42.5 Å². The van der Waals surface area contributed by atoms with E-state index in [1.165, 1.54) is 0 Å². The molecule has 3 N–H and O–H groups in total. The number of hydrogen-bond acceptors (Lipinski definition) is 3. The molecule has 0 aliphatic heterocycles. The van der Waals surface area contributed by atoms with Crippen molar-refractivity contribution < 1.29 is 9.90 Å². The number of nitrogens with zero attached hydrogens (tertiary/aromatic N) is 2. The van der Waals surface area contributed by atoms with Crippen molar-refractivity contribution in [3.05, 3.63) is 59.9 Å². The lowest BCUT2D eigenvalue weighted by Crippen LogP contribution is -2.12. The number of benzene rings is 2. The first kappa shape index (κ1) is 13.2. The third-order valence-electron chi connectivity index (χ3n) is 3.39. The molecule has 3 aromatic rings. The Morgan fingerprint density at radius 1 is 1.14 bits per heavy atom. The molecule has 5 heteroatoms. The lowest BCUT2D eigenvalue weighted by atomic mass is 10.1. The van der Waals surface area contributed by atoms with Gasteiger partial charge in [0.05, 0.1) is 11.2 Å². The van der Waals surface area contributed by atoms with E-state index in [9.17, 15) is 4.79 Å². The van der Waals surface area contributed by atoms with Gasteiger partial charge in [0.1, 0.15) is 17.9 Å². The second kappa shape index (κ2) is 5.28. The fourth-order valence-electron chi connectivity index (χ4n) is 2.44. The topological polar surface area (TPSA) is 81.1 Å². The summed E-state index contributed by atoms with van der Waals surface area (Å²) in [6.07, 6.45) is 0.572. The van der Waals surface area contributed by atoms with Crippen molar-refractivity contribution in [2.75, 3.05) is 5.73 Å². The van der Waals surface area contributed by atoms with Crippen LogP contribution in [0.1, 0.15) is 11.4 Å². The molecule has 0 aliphatic carbocycles. The minimum atomic E-state index is -0.897. The summed E-state index contributed by atoms with van der Waals surface area (Å²) in [5.74, 6) is -0.192. The summed E-state index contributed by atoms with van der Waals surface area (Å²) in [5, 5.41) is 9.12. The van der Waals surface area contributed by atoms with Gasteiger partial charge in [-0.1, -0.05) is 36.4 Å². The number of carboxylic acid groups (broad SMARTS) is 1. The molecule has 0 aliphatic rings. The van der Waals surface area contributed by atoms with E-state index < -0.39 is 5.97 Å². The molecule has 21 heavy (non-hydrogen) atoms. The largest absolute Gasteiger partial charge is 0.480 e. The summed E-state index contributed by atoms with van der Waals surface area (Å²) < 4.78 is 1.71. The summed E-state index contributed by atoms with van der Waals surface area (Å²) in [6, 6.07) is 15.3. The predicted molar refractivity (Wildman–Crippen MR) is 81.0 cm³/mol. The molecule has 0 atom stereocenters. The summed E-state index contributed by atoms with van der Waals surface area (Å²) in [5.41, 5.74) is 8.99. The lowest BCUT2D eigenvalue weighted by Gasteiger charge is -2.06. The Hall–Kier alpha value is -2.82. The molecule has 0 radical (unpaired) electrons. The third kappa shape index (κ3) is 2.58. The molecular weight excluding hydrogens is 266 g/mol. The number of carboxylic acids is 1. The average molecular weight is 281 g/mol. The second-order valence-electron chi connectivity index (χ2n) is 4.89. The van der Waals surface area contributed by atoms with Crippen LogP contribution >= 0.6 is 0 Å². The number of imidazole rings is 1. The third-order valence-corrected chi connectivity index (χ3v) is 3.39. The Labute approximate surface area is 121 Å². The number of fused-ring (bicyclic) bond motifs is 1. The van der Waals surface area contributed by atoms with Crippen LogP contribution in [0.2, 0.25) is 0 Å². The van der Waals surface area contributed by atoms with Gasteiger partial charge in [-0.3, -0.25) is 4.79 Å². The van der Waals surface area contributed by atoms with E-state index in [2.05, 4.69) is 4.98 Å². The SMILES string of the molecule is Nc1cccc2c1nc(Cc1ccccc1)n2CC(=O)O. The number of anilines is 1. The van der Waals surface area contributed by atoms with E-state index >= 15 is 0 Å². The summed E-state index contributed by atoms with van der Waals surface area (Å²) in [7, 11) is 0. The standard InChI is InChI=1S/C16H15N3O2/c17-12-7-4-8-13-16(12)18-14(19(13)10-15(20)21)9-11-5-2-1-3-6-11/h1-8H,9-10,17H2,(H,20,21). The van der Waals surface area contributed by atoms with Crippen molar-refractivity contribution in [3.8, 4) is 0 Å². The highest BCUT2D eigenvalue weighted by molar-refractivity contribution is 5.88. The number of nitrogen functional groups attached to an aromatic ring is 1. The molecule has 1 heterocycles. The number of hydrogen-bond donors (Lipinski definition) is 2. The quantitative estimate of drug-likeness (QED) is 0.719. The van der Waals surface area contributed by atoms with Crippen LogP contribution in [0.3, 0.4) is 0 Å². The minimum absolute atomic E-state index is 0.123. The first-order valence-corrected chi connectivity index (χ1v) is 6.64. The summed E-state index contributed by atoms with van der Waals surface area (Å²) in [4.78, 5) is 15.7. The summed E-state index contributed by atoms with van der Waals surface area (Å²) in [6.45, 7) is -0.123. The van der Waals surface area contributed by atoms with Crippen LogP contribution in [0.25, 0.3) is 11.0 Å². The fourth-order valence-corrected chi connectivity index (χ4v) is 2.44. The molecular formula is C16H15N3O2. The van der Waals surface area contributed by atoms with E-state index in [4.69, 9.17) is 10.8 Å². The molecule has 5 nitrogen and oxygen atoms in total. The second-order valence-corrected chi connectivity index (χ2v) is 4.89. The molecule has 0 spiro atoms. The Bertz CT molecular complexity index is 794. The smallest absolute Gasteiger partial charge is 0.323 e. The van der Waals surface area contributed by atoms with Crippen LogP contribution in [0.5, 0.6) is 0 Å². The number of para-hydroxylation sites is 1. The van der Waals surface area contributed by atoms with E-state index in [1.54, 1.807) is 10.6 Å². The maximum atomic E-state index is 11.1. The first-order valence-electron chi connectivity index (χ1n) is 6.64. The van der Waals surface area contributed by atoms with E-state index in [0.29, 0.717) is 23.4 Å². The predicted octanol–water partition coefficient (Wildman–Crippen LogP) is 2.29. The molecule has 0 unspecified atom stereocenters. The van der Waals surface area contributed by atoms with Gasteiger partial charge in [0.25, 0.3) is 0 Å². The van der Waals surface area contributed by atoms with Crippen LogP contribution in [0.4, 0.5) is 5.69 Å². The van der Waals surface area contributed by atoms with Crippen molar-refractivity contribution >= 4 is 22.7 Å². The number of aliphatic carboxylic acids is 1. The van der Waals surface area contributed by atoms with Crippen LogP contribution in [-0.2, 0) is 17.8 Å². The fraction of sp³-hybridized carbons (Fsp3) is 0.125. The van der Waals surface area contributed by atoms with Gasteiger partial charge >= 0.3 is 5.97 Å². The van der Waals surface area contributed by atoms with Crippen LogP contribution in [0, 0.1) is 0 Å². The average Bonchev–Trinajstić information content (AvgIpc) is 2.79. The molecule has 0 bridgehead atoms. The zero-order valence-corrected chi connectivity index (χ0v) is 11.4. The molecule has 0 amide bonds. The van der Waals surface area contributed by atoms with Crippen LogP contribution < -0.4 is 5.73 Å². The van der Waals surface area contributed by atoms with Crippen molar-refractivity contribution in [1.29, 1.82) is 0 Å². The maximum absolute atomic E-state index is 11.1. The number of rotatable bonds is 4. The molecule has 106 valence electrons. The minimum Gasteiger partial charge on any atom is -0.480 e. The number of aromatic nitrogens is 2. The molecule has 0 saturated carbocycles. The van der Waals surface area contributed by atoms with Crippen molar-refractivity contribution in [2.24, 2.45) is 0 Å². The van der Waals surface area contributed by atoms with E-state index in [0.717, 1.165) is 11.1 Å². The van der Waals surface area contributed by atoms with Gasteiger partial charge in [-0.05, 0) is 17.7 Å². The highest BCUT2D eigenvalue weighted by Gasteiger charge is 2.15. The Balaban J connectivity index is 2.12. The maximum Gasteiger partial charge on any atom is 0.323 e. The highest BCUT2D eigenvalue weighted by Crippen LogP contribution is 2.23. The van der Waals surface area contributed by atoms with Crippen molar-refractivity contribution in [2.45, 2.75) is 13.0 Å². The molecule has 0 saturated heterocycles. The lowest BCUT2D eigenvalue weighted by molar-refractivity contribution is -0.137. The van der Waals surface area contributed by atoms with Gasteiger partial charge in [0.2, 0.25) is 0 Å². The molecule has 2 aromatic carbocycles. The van der Waals surface area contributed by atoms with Gasteiger partial charge in [0.15, 0.2) is 0 Å². The van der Waals surface area contributed by atoms with Crippen LogP contribution in [0.15, 0.2) is 48.5 Å². The number of nitrogens with two attached hydrogens (primary N) is 1. The van der Waals surface area contributed by atoms with Crippen molar-refractivity contribution in [3.63, 3.8) is 0 Å². The van der Waals surface area contributed by atoms with E-state index in [-0.39, 0.29) is 6.54 Å². The molecule has 1 aromatic heterocycles. The Morgan fingerprint density at radius 2 is 1.90 bits per heavy atom. The molecule has 0 fully saturated rings. The van der Waals surface area contributed by atoms with Gasteiger partial charge in [-0.15, -0.1) is 0 Å². The van der Waals surface area contributed by atoms with Gasteiger partial charge in [0, 0.05) is 6.42 Å². The zero-order valence-electron chi connectivity index (χ0n) is 11.4. The monoisotopic (exact) mass is 281 g/mol. The Kier molecular flexibility index (Phi) is 3.31. The number of carbonyl (C=O) groups is 1. The normalized spacial score (nSPS) is 10.9. The van der Waals surface area contributed by atoms with Gasteiger partial charge in [-0.25, -0.2) is 4.98 Å². The zero-order chi connectivity index (χ0) is 14.8. The molecule has 3 rings (SSSR count).